The maximum absolute atomic E-state index is 14.4. The summed E-state index contributed by atoms with van der Waals surface area (Å²) in [5.41, 5.74) is 4.73. The van der Waals surface area contributed by atoms with Gasteiger partial charge in [0.1, 0.15) is 17.4 Å². The third kappa shape index (κ3) is 8.86. The lowest BCUT2D eigenvalue weighted by atomic mass is 9.84. The Morgan fingerprint density at radius 3 is 2.53 bits per heavy atom. The zero-order valence-corrected chi connectivity index (χ0v) is 30.5. The average molecular weight is 754 g/mol. The van der Waals surface area contributed by atoms with Gasteiger partial charge in [0.05, 0.1) is 31.0 Å². The van der Waals surface area contributed by atoms with Crippen LogP contribution in [-0.2, 0) is 30.5 Å². The predicted octanol–water partition coefficient (Wildman–Crippen LogP) is 6.80. The molecule has 1 aliphatic carbocycles. The molecule has 10 nitrogen and oxygen atoms in total. The minimum absolute atomic E-state index is 0.00645. The molecule has 1 saturated heterocycles. The molecule has 1 amide bonds. The molecule has 0 radical (unpaired) electrons. The van der Waals surface area contributed by atoms with Crippen LogP contribution in [0.15, 0.2) is 54.7 Å². The minimum atomic E-state index is -4.74. The van der Waals surface area contributed by atoms with Crippen molar-refractivity contribution in [3.05, 3.63) is 87.6 Å². The normalized spacial score (nSPS) is 17.6. The number of fused-ring (bicyclic) bond motifs is 1. The number of nitrogens with zero attached hydrogens (tertiary/aromatic N) is 2. The fourth-order valence-corrected chi connectivity index (χ4v) is 7.27. The van der Waals surface area contributed by atoms with E-state index in [2.05, 4.69) is 25.9 Å². The van der Waals surface area contributed by atoms with E-state index in [-0.39, 0.29) is 36.5 Å². The fourth-order valence-electron chi connectivity index (χ4n) is 6.95. The number of halogens is 4. The van der Waals surface area contributed by atoms with E-state index in [4.69, 9.17) is 25.8 Å². The molecule has 4 aromatic rings. The predicted molar refractivity (Wildman–Crippen MR) is 195 cm³/mol. The summed E-state index contributed by atoms with van der Waals surface area (Å²) >= 11 is 7.11. The van der Waals surface area contributed by atoms with Crippen molar-refractivity contribution in [2.45, 2.75) is 76.5 Å². The summed E-state index contributed by atoms with van der Waals surface area (Å²) in [7, 11) is 2.95. The van der Waals surface area contributed by atoms with Gasteiger partial charge in [-0.1, -0.05) is 41.9 Å². The molecule has 3 heterocycles. The summed E-state index contributed by atoms with van der Waals surface area (Å²) in [4.78, 5) is 20.3. The Morgan fingerprint density at radius 2 is 1.81 bits per heavy atom. The number of methoxy groups -OCH3 is 2. The third-order valence-corrected chi connectivity index (χ3v) is 9.90. The number of aromatic nitrogens is 2. The number of nitrogens with one attached hydrogen (secondary N) is 3. The van der Waals surface area contributed by atoms with Gasteiger partial charge in [-0.15, -0.1) is 0 Å². The Balaban J connectivity index is 1.27. The van der Waals surface area contributed by atoms with Gasteiger partial charge in [0.2, 0.25) is 17.7 Å². The van der Waals surface area contributed by atoms with Crippen LogP contribution in [0.3, 0.4) is 0 Å². The maximum Gasteiger partial charge on any atom is 0.421 e. The molecule has 1 unspecified atom stereocenters. The molecule has 6 rings (SSSR count). The Kier molecular flexibility index (Phi) is 12.1. The van der Waals surface area contributed by atoms with E-state index in [0.29, 0.717) is 55.2 Å². The second kappa shape index (κ2) is 16.7. The van der Waals surface area contributed by atoms with Crippen molar-refractivity contribution in [2.24, 2.45) is 0 Å². The average Bonchev–Trinajstić information content (AvgIpc) is 3.56. The Hall–Kier alpha value is -4.43. The Morgan fingerprint density at radius 1 is 1.00 bits per heavy atom. The van der Waals surface area contributed by atoms with Gasteiger partial charge in [-0.2, -0.15) is 18.2 Å². The van der Waals surface area contributed by atoms with E-state index in [1.807, 2.05) is 42.5 Å². The quantitative estimate of drug-likeness (QED) is 0.110. The first-order valence-electron chi connectivity index (χ1n) is 17.6. The van der Waals surface area contributed by atoms with Gasteiger partial charge in [0.15, 0.2) is 0 Å². The lowest BCUT2D eigenvalue weighted by Crippen LogP contribution is -2.35. The highest BCUT2D eigenvalue weighted by Gasteiger charge is 2.38. The summed E-state index contributed by atoms with van der Waals surface area (Å²) < 4.78 is 60.4. The first-order valence-corrected chi connectivity index (χ1v) is 18.0. The van der Waals surface area contributed by atoms with E-state index in [9.17, 15) is 23.1 Å². The van der Waals surface area contributed by atoms with Crippen molar-refractivity contribution in [1.29, 1.82) is 0 Å². The first kappa shape index (κ1) is 38.3. The second-order valence-electron chi connectivity index (χ2n) is 13.3. The number of rotatable bonds is 14. The molecule has 53 heavy (non-hydrogen) atoms. The number of hydrogen-bond acceptors (Lipinski definition) is 9. The van der Waals surface area contributed by atoms with Gasteiger partial charge in [-0.25, -0.2) is 0 Å². The van der Waals surface area contributed by atoms with Crippen LogP contribution in [-0.4, -0.2) is 60.4 Å². The lowest BCUT2D eigenvalue weighted by Gasteiger charge is -2.29. The fraction of sp³-hybridized carbons (Fsp3) is 0.410. The van der Waals surface area contributed by atoms with Crippen LogP contribution in [0.2, 0.25) is 5.02 Å². The van der Waals surface area contributed by atoms with Gasteiger partial charge in [-0.3, -0.25) is 9.78 Å². The molecule has 3 atom stereocenters. The van der Waals surface area contributed by atoms with E-state index < -0.39 is 29.8 Å². The molecule has 2 aromatic heterocycles. The summed E-state index contributed by atoms with van der Waals surface area (Å²) in [5.74, 6) is 0.192. The number of alkyl halides is 3. The molecule has 2 aliphatic rings. The molecule has 4 N–H and O–H groups in total. The van der Waals surface area contributed by atoms with Gasteiger partial charge >= 0.3 is 6.18 Å². The number of amides is 1. The van der Waals surface area contributed by atoms with Crippen molar-refractivity contribution in [1.82, 2.24) is 25.9 Å². The molecule has 0 saturated carbocycles. The number of aliphatic hydroxyl groups is 1. The maximum atomic E-state index is 14.4. The third-order valence-electron chi connectivity index (χ3n) is 9.52. The van der Waals surface area contributed by atoms with E-state index in [1.165, 1.54) is 7.11 Å². The van der Waals surface area contributed by atoms with Crippen LogP contribution in [0.25, 0.3) is 22.4 Å². The van der Waals surface area contributed by atoms with Crippen LogP contribution in [0.4, 0.5) is 13.2 Å². The van der Waals surface area contributed by atoms with Crippen LogP contribution < -0.4 is 30.2 Å². The molecule has 1 fully saturated rings. The molecule has 14 heteroatoms. The zero-order chi connectivity index (χ0) is 37.7. The molecule has 2 aromatic carbocycles. The zero-order valence-electron chi connectivity index (χ0n) is 29.8. The number of hydrogen-bond donors (Lipinski definition) is 4. The largest absolute Gasteiger partial charge is 0.496 e. The Labute approximate surface area is 311 Å². The first-order chi connectivity index (χ1) is 25.5. The van der Waals surface area contributed by atoms with Crippen LogP contribution >= 0.6 is 11.6 Å². The highest BCUT2D eigenvalue weighted by molar-refractivity contribution is 6.35. The van der Waals surface area contributed by atoms with Crippen molar-refractivity contribution in [2.75, 3.05) is 27.3 Å². The minimum Gasteiger partial charge on any atom is -0.496 e. The molecule has 282 valence electrons. The van der Waals surface area contributed by atoms with Gasteiger partial charge in [-0.05, 0) is 67.5 Å². The smallest absolute Gasteiger partial charge is 0.421 e. The highest BCUT2D eigenvalue weighted by atomic mass is 35.5. The monoisotopic (exact) mass is 753 g/mol. The van der Waals surface area contributed by atoms with Gasteiger partial charge < -0.3 is 35.3 Å². The van der Waals surface area contributed by atoms with Crippen molar-refractivity contribution >= 4 is 17.5 Å². The molecule has 1 aliphatic heterocycles. The number of carbonyl (C=O) groups is 1. The lowest BCUT2D eigenvalue weighted by molar-refractivity contribution is -0.139. The summed E-state index contributed by atoms with van der Waals surface area (Å²) in [6.45, 7) is 2.99. The van der Waals surface area contributed by atoms with Gasteiger partial charge in [0, 0.05) is 67.1 Å². The SMILES string of the molecule is COc1cc(-c2nccc(-c3cccc4c3CCC[C@H]4Oc3nc(OC)c(CNCC(C)O)cc3C(F)(F)F)c2Cl)ccc1CNC[C@@H]1CCC(=O)N1. The van der Waals surface area contributed by atoms with Crippen LogP contribution in [0, 0.1) is 0 Å². The topological polar surface area (TPSA) is 127 Å². The number of benzene rings is 2. The second-order valence-corrected chi connectivity index (χ2v) is 13.7. The summed E-state index contributed by atoms with van der Waals surface area (Å²) in [5, 5.41) is 19.3. The summed E-state index contributed by atoms with van der Waals surface area (Å²) in [6.07, 6.45) is -1.23. The van der Waals surface area contributed by atoms with Crippen LogP contribution in [0.5, 0.6) is 17.5 Å². The van der Waals surface area contributed by atoms with Crippen LogP contribution in [0.1, 0.15) is 66.5 Å². The van der Waals surface area contributed by atoms with Gasteiger partial charge in [0.25, 0.3) is 0 Å². The number of pyridine rings is 2. The van der Waals surface area contributed by atoms with Crippen molar-refractivity contribution < 1.29 is 37.3 Å². The molecule has 0 bridgehead atoms. The number of carbonyl (C=O) groups excluding carboxylic acids is 1. The molecular formula is C39H43ClF3N5O5. The Bertz CT molecular complexity index is 1940. The van der Waals surface area contributed by atoms with E-state index in [1.54, 1.807) is 20.2 Å². The highest BCUT2D eigenvalue weighted by Crippen LogP contribution is 2.45. The van der Waals surface area contributed by atoms with Crippen molar-refractivity contribution in [3.63, 3.8) is 0 Å². The summed E-state index contributed by atoms with van der Waals surface area (Å²) in [6, 6.07) is 14.4. The number of ether oxygens (including phenoxy) is 3. The van der Waals surface area contributed by atoms with Crippen molar-refractivity contribution in [3.8, 4) is 39.9 Å². The number of aliphatic hydroxyl groups excluding tert-OH is 1. The van der Waals surface area contributed by atoms with E-state index in [0.717, 1.165) is 45.9 Å². The molecule has 0 spiro atoms. The standard InChI is InChI=1S/C39H43ClF3N5O5/c1-22(49)18-44-20-25-16-31(39(41,42)43)38(48-37(25)52-3)53-32-9-5-7-27-28(6-4-8-29(27)32)30-14-15-46-36(35(30)40)23-10-11-24(33(17-23)51-2)19-45-21-26-12-13-34(50)47-26/h4,6,8,10-11,14-17,22,26,32,44-45,49H,5,7,9,12-13,18-21H2,1-3H3,(H,47,50)/t22?,26-,32+/m0/s1. The van der Waals surface area contributed by atoms with E-state index >= 15 is 0 Å². The molecular weight excluding hydrogens is 711 g/mol.